The highest BCUT2D eigenvalue weighted by Gasteiger charge is 2.45. The monoisotopic (exact) mass is 559 g/mol. The van der Waals surface area contributed by atoms with Crippen LogP contribution in [-0.2, 0) is 4.79 Å². The van der Waals surface area contributed by atoms with Crippen molar-refractivity contribution >= 4 is 17.7 Å². The summed E-state index contributed by atoms with van der Waals surface area (Å²) >= 11 is 0. The molecule has 1 spiro atoms. The minimum atomic E-state index is -4.76. The van der Waals surface area contributed by atoms with Gasteiger partial charge in [0.2, 0.25) is 17.9 Å². The highest BCUT2D eigenvalue weighted by atomic mass is 19.4. The van der Waals surface area contributed by atoms with Crippen molar-refractivity contribution in [3.63, 3.8) is 0 Å². The number of nitrogens with one attached hydrogen (secondary N) is 1. The first-order valence-electron chi connectivity index (χ1n) is 12.9. The van der Waals surface area contributed by atoms with Crippen molar-refractivity contribution in [2.45, 2.75) is 44.5 Å². The molecule has 4 N–H and O–H groups in total. The molecule has 0 radical (unpaired) electrons. The van der Waals surface area contributed by atoms with E-state index in [0.717, 1.165) is 0 Å². The van der Waals surface area contributed by atoms with Crippen LogP contribution in [0.3, 0.4) is 0 Å². The van der Waals surface area contributed by atoms with Crippen molar-refractivity contribution in [3.05, 3.63) is 65.5 Å². The number of piperidine rings is 1. The van der Waals surface area contributed by atoms with Gasteiger partial charge < -0.3 is 25.8 Å². The van der Waals surface area contributed by atoms with Gasteiger partial charge in [0.1, 0.15) is 17.7 Å². The van der Waals surface area contributed by atoms with E-state index in [-0.39, 0.29) is 22.8 Å². The SMILES string of the molecule is Cc1ccc(-c2ccc([C@@H](Oc3cc(N4CCC5(CC4)CNC(C(=O)O)C5)nc(N)n3)C(F)(F)F)cc2)cc1F. The molecule has 1 aromatic heterocycles. The van der Waals surface area contributed by atoms with E-state index in [1.54, 1.807) is 19.1 Å². The first kappa shape index (κ1) is 27.6. The van der Waals surface area contributed by atoms with E-state index in [0.29, 0.717) is 61.4 Å². The Morgan fingerprint density at radius 2 is 1.80 bits per heavy atom. The van der Waals surface area contributed by atoms with Gasteiger partial charge >= 0.3 is 12.1 Å². The molecule has 0 saturated carbocycles. The Morgan fingerprint density at radius 3 is 2.40 bits per heavy atom. The average Bonchev–Trinajstić information content (AvgIpc) is 3.32. The molecule has 5 rings (SSSR count). The molecule has 3 aromatic rings. The van der Waals surface area contributed by atoms with E-state index in [1.165, 1.54) is 36.4 Å². The number of hydrogen-bond acceptors (Lipinski definition) is 7. The lowest BCUT2D eigenvalue weighted by molar-refractivity contribution is -0.198. The second-order valence-corrected chi connectivity index (χ2v) is 10.5. The molecule has 40 heavy (non-hydrogen) atoms. The summed E-state index contributed by atoms with van der Waals surface area (Å²) in [5, 5.41) is 12.4. The van der Waals surface area contributed by atoms with Gasteiger partial charge in [-0.25, -0.2) is 4.39 Å². The predicted octanol–water partition coefficient (Wildman–Crippen LogP) is 4.89. The Bertz CT molecular complexity index is 1390. The molecule has 1 unspecified atom stereocenters. The molecule has 0 amide bonds. The third-order valence-corrected chi connectivity index (χ3v) is 7.77. The summed E-state index contributed by atoms with van der Waals surface area (Å²) in [4.78, 5) is 21.3. The maximum absolute atomic E-state index is 14.1. The third-order valence-electron chi connectivity index (χ3n) is 7.77. The van der Waals surface area contributed by atoms with Gasteiger partial charge in [0.05, 0.1) is 0 Å². The molecule has 0 aliphatic carbocycles. The Balaban J connectivity index is 1.32. The van der Waals surface area contributed by atoms with Crippen molar-refractivity contribution in [1.29, 1.82) is 0 Å². The van der Waals surface area contributed by atoms with Crippen LogP contribution in [0.2, 0.25) is 0 Å². The molecule has 3 heterocycles. The van der Waals surface area contributed by atoms with Crippen molar-refractivity contribution in [2.24, 2.45) is 5.41 Å². The zero-order valence-electron chi connectivity index (χ0n) is 21.7. The molecule has 2 aliphatic rings. The smallest absolute Gasteiger partial charge is 0.429 e. The minimum absolute atomic E-state index is 0.143. The summed E-state index contributed by atoms with van der Waals surface area (Å²) in [6.07, 6.45) is -5.15. The number of halogens is 4. The maximum Gasteiger partial charge on any atom is 0.429 e. The maximum atomic E-state index is 14.1. The van der Waals surface area contributed by atoms with Gasteiger partial charge in [0, 0.05) is 31.3 Å². The zero-order valence-corrected chi connectivity index (χ0v) is 21.7. The van der Waals surface area contributed by atoms with Gasteiger partial charge in [0.25, 0.3) is 0 Å². The van der Waals surface area contributed by atoms with E-state index >= 15 is 0 Å². The van der Waals surface area contributed by atoms with E-state index in [4.69, 9.17) is 10.5 Å². The van der Waals surface area contributed by atoms with Crippen molar-refractivity contribution in [3.8, 4) is 17.0 Å². The number of benzene rings is 2. The van der Waals surface area contributed by atoms with Crippen LogP contribution in [0, 0.1) is 18.2 Å². The Labute approximate surface area is 228 Å². The first-order chi connectivity index (χ1) is 18.9. The number of nitrogens with zero attached hydrogens (tertiary/aromatic N) is 3. The van der Waals surface area contributed by atoms with Crippen LogP contribution in [0.15, 0.2) is 48.5 Å². The molecule has 212 valence electrons. The molecule has 12 heteroatoms. The summed E-state index contributed by atoms with van der Waals surface area (Å²) in [5.41, 5.74) is 7.13. The van der Waals surface area contributed by atoms with Crippen LogP contribution in [0.4, 0.5) is 29.3 Å². The quantitative estimate of drug-likeness (QED) is 0.366. The number of alkyl halides is 3. The first-order valence-corrected chi connectivity index (χ1v) is 12.9. The molecule has 2 saturated heterocycles. The number of carboxylic acids is 1. The third kappa shape index (κ3) is 5.81. The lowest BCUT2D eigenvalue weighted by atomic mass is 9.76. The summed E-state index contributed by atoms with van der Waals surface area (Å²) in [7, 11) is 0. The number of aryl methyl sites for hydroxylation is 1. The van der Waals surface area contributed by atoms with E-state index in [1.807, 2.05) is 4.90 Å². The highest BCUT2D eigenvalue weighted by molar-refractivity contribution is 5.74. The number of aliphatic carboxylic acids is 1. The fourth-order valence-corrected chi connectivity index (χ4v) is 5.40. The van der Waals surface area contributed by atoms with Crippen molar-refractivity contribution in [2.75, 3.05) is 30.3 Å². The van der Waals surface area contributed by atoms with Gasteiger partial charge in [0.15, 0.2) is 0 Å². The van der Waals surface area contributed by atoms with Crippen LogP contribution >= 0.6 is 0 Å². The summed E-state index contributed by atoms with van der Waals surface area (Å²) in [6.45, 7) is 3.30. The van der Waals surface area contributed by atoms with Crippen LogP contribution in [0.1, 0.15) is 36.5 Å². The van der Waals surface area contributed by atoms with Crippen molar-refractivity contribution in [1.82, 2.24) is 15.3 Å². The Hall–Kier alpha value is -3.93. The van der Waals surface area contributed by atoms with Gasteiger partial charge in [-0.05, 0) is 54.4 Å². The lowest BCUT2D eigenvalue weighted by Crippen LogP contribution is -2.41. The summed E-state index contributed by atoms with van der Waals surface area (Å²) in [6, 6.07) is 11.0. The molecular weight excluding hydrogens is 530 g/mol. The van der Waals surface area contributed by atoms with Gasteiger partial charge in [-0.2, -0.15) is 23.1 Å². The number of ether oxygens (including phenoxy) is 1. The number of nitrogen functional groups attached to an aromatic ring is 1. The second kappa shape index (κ2) is 10.6. The molecule has 2 aromatic carbocycles. The number of rotatable bonds is 6. The Morgan fingerprint density at radius 1 is 1.12 bits per heavy atom. The van der Waals surface area contributed by atoms with E-state index in [2.05, 4.69) is 15.3 Å². The fourth-order valence-electron chi connectivity index (χ4n) is 5.40. The molecule has 8 nitrogen and oxygen atoms in total. The summed E-state index contributed by atoms with van der Waals surface area (Å²) in [5.74, 6) is -1.47. The normalized spacial score (nSPS) is 19.5. The standard InChI is InChI=1S/C28H29F4N5O3/c1-16-2-3-19(12-20(16)29)17-4-6-18(7-5-17)24(28(30,31)32)40-23-13-22(35-26(33)36-23)37-10-8-27(9-11-37)14-21(25(38)39)34-15-27/h2-7,12-13,21,24,34H,8-11,14-15H2,1H3,(H,38,39)(H2,33,35,36)/t21?,24-/m1/s1. The number of aromatic nitrogens is 2. The number of carboxylic acid groups (broad SMARTS) is 1. The number of anilines is 2. The van der Waals surface area contributed by atoms with Crippen LogP contribution in [-0.4, -0.2) is 52.9 Å². The van der Waals surface area contributed by atoms with Crippen LogP contribution < -0.4 is 20.7 Å². The lowest BCUT2D eigenvalue weighted by Gasteiger charge is -2.39. The van der Waals surface area contributed by atoms with Gasteiger partial charge in [-0.15, -0.1) is 0 Å². The topological polar surface area (TPSA) is 114 Å². The van der Waals surface area contributed by atoms with Crippen LogP contribution in [0.25, 0.3) is 11.1 Å². The summed E-state index contributed by atoms with van der Waals surface area (Å²) < 4.78 is 61.7. The molecular formula is C28H29F4N5O3. The molecule has 2 atom stereocenters. The number of hydrogen-bond donors (Lipinski definition) is 3. The fraction of sp³-hybridized carbons (Fsp3) is 0.393. The Kier molecular flexibility index (Phi) is 7.30. The van der Waals surface area contributed by atoms with Gasteiger partial charge in [-0.1, -0.05) is 36.4 Å². The van der Waals surface area contributed by atoms with E-state index < -0.39 is 30.1 Å². The van der Waals surface area contributed by atoms with E-state index in [9.17, 15) is 27.5 Å². The minimum Gasteiger partial charge on any atom is -0.480 e. The molecule has 2 aliphatic heterocycles. The largest absolute Gasteiger partial charge is 0.480 e. The number of nitrogens with two attached hydrogens (primary N) is 1. The molecule has 0 bridgehead atoms. The second-order valence-electron chi connectivity index (χ2n) is 10.5. The predicted molar refractivity (Wildman–Crippen MR) is 140 cm³/mol. The van der Waals surface area contributed by atoms with Crippen LogP contribution in [0.5, 0.6) is 5.88 Å². The highest BCUT2D eigenvalue weighted by Crippen LogP contribution is 2.41. The zero-order chi connectivity index (χ0) is 28.7. The average molecular weight is 560 g/mol. The molecule has 2 fully saturated rings. The number of carbonyl (C=O) groups is 1. The van der Waals surface area contributed by atoms with Gasteiger partial charge in [-0.3, -0.25) is 4.79 Å². The van der Waals surface area contributed by atoms with Crippen molar-refractivity contribution < 1.29 is 32.2 Å².